The molecule has 0 radical (unpaired) electrons. The molecule has 0 saturated heterocycles. The van der Waals surface area contributed by atoms with E-state index < -0.39 is 0 Å². The molecule has 13 aromatic carbocycles. The smallest absolute Gasteiger partial charge is 0.159 e. The number of hydrogen-bond donors (Lipinski definition) is 0. The quantitative estimate of drug-likeness (QED) is 0.163. The molecule has 0 aliphatic rings. The first kappa shape index (κ1) is 59.1. The van der Waals surface area contributed by atoms with Gasteiger partial charge in [0.15, 0.2) is 22.3 Å². The Kier molecular flexibility index (Phi) is 12.2. The van der Waals surface area contributed by atoms with Crippen molar-refractivity contribution in [2.75, 3.05) is 9.80 Å². The Morgan fingerprint density at radius 2 is 0.545 bits per heavy atom. The molecule has 99 heavy (non-hydrogen) atoms. The van der Waals surface area contributed by atoms with Crippen LogP contribution in [0.2, 0.25) is 0 Å². The van der Waals surface area contributed by atoms with Crippen LogP contribution in [0, 0.1) is 6.92 Å². The van der Waals surface area contributed by atoms with Gasteiger partial charge in [-0.3, -0.25) is 0 Å². The van der Waals surface area contributed by atoms with Crippen LogP contribution in [0.3, 0.4) is 0 Å². The highest BCUT2D eigenvalue weighted by Crippen LogP contribution is 2.53. The Hall–Kier alpha value is -11.2. The number of furan rings is 6. The molecule has 484 valence electrons. The van der Waals surface area contributed by atoms with Gasteiger partial charge in [-0.15, -0.1) is 0 Å². The first-order chi connectivity index (χ1) is 47.5. The summed E-state index contributed by atoms with van der Waals surface area (Å²) in [4.78, 5) is 4.65. The van der Waals surface area contributed by atoms with E-state index in [0.717, 1.165) is 193 Å². The monoisotopic (exact) mass is 1290 g/mol. The summed E-state index contributed by atoms with van der Waals surface area (Å²) in [5.74, 6) is 0. The van der Waals surface area contributed by atoms with Crippen molar-refractivity contribution < 1.29 is 26.5 Å². The van der Waals surface area contributed by atoms with Crippen molar-refractivity contribution in [1.29, 1.82) is 0 Å². The molecule has 6 heterocycles. The summed E-state index contributed by atoms with van der Waals surface area (Å²) in [5, 5.41) is 16.9. The Morgan fingerprint density at radius 3 is 0.889 bits per heavy atom. The highest BCUT2D eigenvalue weighted by molar-refractivity contribution is 6.22. The number of benzene rings is 13. The molecule has 0 bridgehead atoms. The standard InChI is InChI=1S/C91H74N2O6/c1-49-78-66-45-51-39-41-55(93(73-36-20-28-62-58-24-16-32-69(90(8,9)10)82(58)98-86(62)73)74-37-21-29-63-59-25-17-33-70(91(11,12)13)83(59)99-87(63)74)43-53(51)47-76(66)94-77(78)48-65-64-44-50-38-40-54(42-52(50)46-75(64)95-79(49)65)92(71-34-18-26-60-56-22-14-30-67(88(2,3)4)80(56)96-84(60)71)72-35-19-27-61-57-23-15-31-68(89(5,6)7)81(57)97-85(61)72/h14-48H,1-13H3. The van der Waals surface area contributed by atoms with Gasteiger partial charge in [0.25, 0.3) is 0 Å². The summed E-state index contributed by atoms with van der Waals surface area (Å²) < 4.78 is 42.8. The van der Waals surface area contributed by atoms with Crippen LogP contribution in [-0.2, 0) is 21.7 Å². The topological polar surface area (TPSA) is 85.3 Å². The lowest BCUT2D eigenvalue weighted by molar-refractivity contribution is 0.572. The lowest BCUT2D eigenvalue weighted by atomic mass is 9.86. The van der Waals surface area contributed by atoms with E-state index in [1.54, 1.807) is 0 Å². The molecule has 6 aromatic heterocycles. The fraction of sp³-hybridized carbons (Fsp3) is 0.187. The van der Waals surface area contributed by atoms with E-state index in [1.165, 1.54) is 22.3 Å². The van der Waals surface area contributed by atoms with Gasteiger partial charge in [0.2, 0.25) is 0 Å². The molecule has 8 heteroatoms. The number of hydrogen-bond acceptors (Lipinski definition) is 8. The second-order valence-electron chi connectivity index (χ2n) is 31.6. The normalized spacial score (nSPS) is 13.1. The maximum atomic E-state index is 7.16. The minimum atomic E-state index is -0.140. The number of para-hydroxylation sites is 8. The lowest BCUT2D eigenvalue weighted by Crippen LogP contribution is -2.11. The number of nitrogens with zero attached hydrogens (tertiary/aromatic N) is 2. The fourth-order valence-corrected chi connectivity index (χ4v) is 16.2. The van der Waals surface area contributed by atoms with E-state index in [-0.39, 0.29) is 21.7 Å². The summed E-state index contributed by atoms with van der Waals surface area (Å²) in [5.41, 5.74) is 20.8. The van der Waals surface area contributed by atoms with Crippen molar-refractivity contribution in [2.45, 2.75) is 112 Å². The zero-order valence-corrected chi connectivity index (χ0v) is 58.1. The molecular weight excluding hydrogens is 1220 g/mol. The number of fused-ring (bicyclic) bond motifs is 20. The number of rotatable bonds is 6. The highest BCUT2D eigenvalue weighted by Gasteiger charge is 2.32. The third-order valence-electron chi connectivity index (χ3n) is 21.0. The van der Waals surface area contributed by atoms with Crippen molar-refractivity contribution in [3.63, 3.8) is 0 Å². The molecule has 0 unspecified atom stereocenters. The van der Waals surface area contributed by atoms with Gasteiger partial charge >= 0.3 is 0 Å². The van der Waals surface area contributed by atoms with Crippen molar-refractivity contribution >= 4 is 187 Å². The maximum absolute atomic E-state index is 7.16. The van der Waals surface area contributed by atoms with Crippen LogP contribution < -0.4 is 9.80 Å². The van der Waals surface area contributed by atoms with E-state index in [1.807, 2.05) is 0 Å². The zero-order chi connectivity index (χ0) is 67.7. The zero-order valence-electron chi connectivity index (χ0n) is 58.1. The third kappa shape index (κ3) is 8.76. The molecule has 0 saturated carbocycles. The predicted octanol–water partition coefficient (Wildman–Crippen LogP) is 27.8. The van der Waals surface area contributed by atoms with Gasteiger partial charge in [0, 0.05) is 104 Å². The number of anilines is 6. The maximum Gasteiger partial charge on any atom is 0.159 e. The molecule has 19 aromatic rings. The molecule has 0 amide bonds. The van der Waals surface area contributed by atoms with Gasteiger partial charge in [-0.05, 0) is 129 Å². The second-order valence-corrected chi connectivity index (χ2v) is 31.6. The van der Waals surface area contributed by atoms with Gasteiger partial charge in [-0.25, -0.2) is 0 Å². The fourth-order valence-electron chi connectivity index (χ4n) is 16.2. The molecule has 0 atom stereocenters. The molecular formula is C91H74N2O6. The summed E-state index contributed by atoms with van der Waals surface area (Å²) in [6, 6.07) is 76.7. The molecule has 0 fully saturated rings. The molecule has 19 rings (SSSR count). The minimum Gasteiger partial charge on any atom is -0.456 e. The van der Waals surface area contributed by atoms with Crippen molar-refractivity contribution in [3.8, 4) is 0 Å². The van der Waals surface area contributed by atoms with Crippen LogP contribution in [0.25, 0.3) is 153 Å². The van der Waals surface area contributed by atoms with E-state index in [9.17, 15) is 0 Å². The van der Waals surface area contributed by atoms with Crippen LogP contribution in [0.15, 0.2) is 239 Å². The van der Waals surface area contributed by atoms with Crippen LogP contribution >= 0.6 is 0 Å². The summed E-state index contributed by atoms with van der Waals surface area (Å²) in [7, 11) is 0. The third-order valence-corrected chi connectivity index (χ3v) is 21.0. The lowest BCUT2D eigenvalue weighted by Gasteiger charge is -2.26. The predicted molar refractivity (Wildman–Crippen MR) is 414 cm³/mol. The van der Waals surface area contributed by atoms with E-state index in [0.29, 0.717) is 0 Å². The SMILES string of the molecule is Cc1c2oc3cc4cc(N(c5cccc6c5oc5c(C(C)(C)C)cccc56)c5cccc6c5oc5c(C(C)(C)C)cccc56)ccc4cc3c2cc2oc3cc4cc(N(c5cccc6c5oc5c(C(C)(C)C)cccc56)c5cccc6c5oc5c(C(C)(C)C)cccc56)ccc4cc3c12. The first-order valence-electron chi connectivity index (χ1n) is 34.6. The Morgan fingerprint density at radius 1 is 0.232 bits per heavy atom. The van der Waals surface area contributed by atoms with Crippen LogP contribution in [0.1, 0.15) is 111 Å². The first-order valence-corrected chi connectivity index (χ1v) is 34.6. The Balaban J connectivity index is 0.759. The van der Waals surface area contributed by atoms with Gasteiger partial charge < -0.3 is 36.3 Å². The van der Waals surface area contributed by atoms with Crippen LogP contribution in [0.4, 0.5) is 34.1 Å². The second kappa shape index (κ2) is 20.4. The largest absolute Gasteiger partial charge is 0.456 e. The summed E-state index contributed by atoms with van der Waals surface area (Å²) >= 11 is 0. The van der Waals surface area contributed by atoms with E-state index in [2.05, 4.69) is 312 Å². The average molecular weight is 1290 g/mol. The van der Waals surface area contributed by atoms with Crippen molar-refractivity contribution in [1.82, 2.24) is 0 Å². The van der Waals surface area contributed by atoms with Gasteiger partial charge in [-0.2, -0.15) is 0 Å². The highest BCUT2D eigenvalue weighted by atomic mass is 16.4. The van der Waals surface area contributed by atoms with E-state index in [4.69, 9.17) is 26.5 Å². The minimum absolute atomic E-state index is 0.140. The summed E-state index contributed by atoms with van der Waals surface area (Å²) in [6.07, 6.45) is 0. The molecule has 0 aliphatic carbocycles. The molecule has 0 N–H and O–H groups in total. The molecule has 0 spiro atoms. The number of aryl methyl sites for hydroxylation is 1. The van der Waals surface area contributed by atoms with Gasteiger partial charge in [-0.1, -0.05) is 217 Å². The van der Waals surface area contributed by atoms with Crippen LogP contribution in [0.5, 0.6) is 0 Å². The Bertz CT molecular complexity index is 6130. The van der Waals surface area contributed by atoms with Crippen molar-refractivity contribution in [3.05, 3.63) is 240 Å². The van der Waals surface area contributed by atoms with Gasteiger partial charge in [0.1, 0.15) is 44.7 Å². The summed E-state index contributed by atoms with van der Waals surface area (Å²) in [6.45, 7) is 29.1. The molecule has 0 aliphatic heterocycles. The van der Waals surface area contributed by atoms with Gasteiger partial charge in [0.05, 0.1) is 22.7 Å². The van der Waals surface area contributed by atoms with E-state index >= 15 is 0 Å². The Labute approximate surface area is 572 Å². The molecule has 8 nitrogen and oxygen atoms in total. The average Bonchev–Trinajstić information content (AvgIpc) is 1.60. The van der Waals surface area contributed by atoms with Crippen molar-refractivity contribution in [2.24, 2.45) is 0 Å². The van der Waals surface area contributed by atoms with Crippen LogP contribution in [-0.4, -0.2) is 0 Å².